The number of halogens is 3. The summed E-state index contributed by atoms with van der Waals surface area (Å²) in [5.74, 6) is -0.867. The minimum Gasteiger partial charge on any atom is -0.484 e. The third kappa shape index (κ3) is 5.72. The highest BCUT2D eigenvalue weighted by atomic mass is 19.4. The molecule has 3 rings (SSSR count). The lowest BCUT2D eigenvalue weighted by molar-refractivity contribution is -0.153. The fourth-order valence-electron chi connectivity index (χ4n) is 2.62. The molecular formula is C20H19F3N4O3. The van der Waals surface area contributed by atoms with E-state index in [0.717, 1.165) is 5.56 Å². The molecule has 0 saturated heterocycles. The molecular weight excluding hydrogens is 401 g/mol. The summed E-state index contributed by atoms with van der Waals surface area (Å²) in [7, 11) is 0. The Morgan fingerprint density at radius 2 is 1.97 bits per heavy atom. The number of hydrogen-bond donors (Lipinski definition) is 2. The molecule has 0 spiro atoms. The maximum atomic E-state index is 12.4. The van der Waals surface area contributed by atoms with E-state index in [-0.39, 0.29) is 30.6 Å². The Morgan fingerprint density at radius 1 is 1.23 bits per heavy atom. The zero-order valence-electron chi connectivity index (χ0n) is 16.0. The zero-order chi connectivity index (χ0) is 21.7. The van der Waals surface area contributed by atoms with Gasteiger partial charge in [-0.25, -0.2) is 5.01 Å². The number of anilines is 1. The van der Waals surface area contributed by atoms with Crippen LogP contribution in [0.25, 0.3) is 0 Å². The van der Waals surface area contributed by atoms with E-state index < -0.39 is 18.7 Å². The third-order valence-electron chi connectivity index (χ3n) is 4.10. The van der Waals surface area contributed by atoms with Crippen molar-refractivity contribution in [3.05, 3.63) is 59.7 Å². The lowest BCUT2D eigenvalue weighted by Gasteiger charge is -2.27. The molecule has 2 amide bonds. The number of carbonyl (C=O) groups excluding carboxylic acids is 2. The normalized spacial score (nSPS) is 14.1. The van der Waals surface area contributed by atoms with Crippen molar-refractivity contribution in [1.29, 1.82) is 0 Å². The van der Waals surface area contributed by atoms with E-state index >= 15 is 0 Å². The molecule has 1 aliphatic heterocycles. The Morgan fingerprint density at radius 3 is 2.67 bits per heavy atom. The van der Waals surface area contributed by atoms with Crippen LogP contribution in [0.3, 0.4) is 0 Å². The minimum atomic E-state index is -4.43. The van der Waals surface area contributed by atoms with Crippen molar-refractivity contribution in [2.45, 2.75) is 19.6 Å². The lowest BCUT2D eigenvalue weighted by atomic mass is 10.2. The molecule has 30 heavy (non-hydrogen) atoms. The van der Waals surface area contributed by atoms with Gasteiger partial charge in [0.1, 0.15) is 12.3 Å². The van der Waals surface area contributed by atoms with Crippen molar-refractivity contribution in [2.75, 3.05) is 18.2 Å². The summed E-state index contributed by atoms with van der Waals surface area (Å²) in [5.41, 5.74) is 4.84. The molecule has 0 bridgehead atoms. The number of carbonyl (C=O) groups is 2. The van der Waals surface area contributed by atoms with Crippen molar-refractivity contribution in [3.8, 4) is 5.75 Å². The number of aryl methyl sites for hydroxylation is 1. The molecule has 0 saturated carbocycles. The van der Waals surface area contributed by atoms with Crippen LogP contribution in [0.4, 0.5) is 18.9 Å². The van der Waals surface area contributed by atoms with Gasteiger partial charge in [0.05, 0.1) is 5.69 Å². The van der Waals surface area contributed by atoms with Gasteiger partial charge < -0.3 is 10.1 Å². The van der Waals surface area contributed by atoms with Crippen LogP contribution in [-0.4, -0.2) is 37.0 Å². The van der Waals surface area contributed by atoms with E-state index in [9.17, 15) is 22.8 Å². The topological polar surface area (TPSA) is 83.0 Å². The van der Waals surface area contributed by atoms with Crippen molar-refractivity contribution >= 4 is 23.3 Å². The van der Waals surface area contributed by atoms with Crippen molar-refractivity contribution in [3.63, 3.8) is 0 Å². The van der Waals surface area contributed by atoms with Crippen LogP contribution in [0.15, 0.2) is 53.5 Å². The van der Waals surface area contributed by atoms with Gasteiger partial charge in [0.25, 0.3) is 11.8 Å². The number of ether oxygens (including phenoxy) is 1. The third-order valence-corrected chi connectivity index (χ3v) is 4.10. The lowest BCUT2D eigenvalue weighted by Crippen LogP contribution is -2.55. The van der Waals surface area contributed by atoms with Crippen LogP contribution in [0.5, 0.6) is 5.75 Å². The SMILES string of the molecule is Cc1ccc(N2NC(C(=O)NCc3cccc(OCC(F)(F)F)c3)=NCC2=O)cc1. The quantitative estimate of drug-likeness (QED) is 0.752. The maximum Gasteiger partial charge on any atom is 0.422 e. The highest BCUT2D eigenvalue weighted by molar-refractivity contribution is 6.39. The molecule has 1 heterocycles. The number of aliphatic imine (C=N–C) groups is 1. The Kier molecular flexibility index (Phi) is 6.24. The zero-order valence-corrected chi connectivity index (χ0v) is 16.0. The molecule has 7 nitrogen and oxygen atoms in total. The van der Waals surface area contributed by atoms with Gasteiger partial charge in [0.15, 0.2) is 6.61 Å². The highest BCUT2D eigenvalue weighted by Gasteiger charge is 2.28. The number of amidine groups is 1. The summed E-state index contributed by atoms with van der Waals surface area (Å²) >= 11 is 0. The fraction of sp³-hybridized carbons (Fsp3) is 0.250. The average Bonchev–Trinajstić information content (AvgIpc) is 2.71. The van der Waals surface area contributed by atoms with Crippen LogP contribution >= 0.6 is 0 Å². The van der Waals surface area contributed by atoms with Crippen LogP contribution in [-0.2, 0) is 16.1 Å². The van der Waals surface area contributed by atoms with Gasteiger partial charge in [0, 0.05) is 6.54 Å². The summed E-state index contributed by atoms with van der Waals surface area (Å²) < 4.78 is 41.5. The largest absolute Gasteiger partial charge is 0.484 e. The van der Waals surface area contributed by atoms with Crippen molar-refractivity contribution in [2.24, 2.45) is 4.99 Å². The molecule has 0 aromatic heterocycles. The molecule has 2 aromatic rings. The predicted octanol–water partition coefficient (Wildman–Crippen LogP) is 2.50. The van der Waals surface area contributed by atoms with Gasteiger partial charge in [-0.2, -0.15) is 13.2 Å². The molecule has 0 radical (unpaired) electrons. The number of rotatable bonds is 6. The first-order valence-electron chi connectivity index (χ1n) is 8.99. The molecule has 2 N–H and O–H groups in total. The number of amides is 2. The van der Waals surface area contributed by atoms with Gasteiger partial charge in [-0.05, 0) is 36.8 Å². The average molecular weight is 420 g/mol. The first-order valence-corrected chi connectivity index (χ1v) is 8.99. The Balaban J connectivity index is 1.59. The van der Waals surface area contributed by atoms with E-state index in [0.29, 0.717) is 11.3 Å². The van der Waals surface area contributed by atoms with Gasteiger partial charge in [-0.3, -0.25) is 20.0 Å². The van der Waals surface area contributed by atoms with Gasteiger partial charge in [-0.1, -0.05) is 29.8 Å². The van der Waals surface area contributed by atoms with Crippen LogP contribution in [0, 0.1) is 6.92 Å². The molecule has 0 atom stereocenters. The summed E-state index contributed by atoms with van der Waals surface area (Å²) in [6.07, 6.45) is -4.43. The Hall–Kier alpha value is -3.56. The summed E-state index contributed by atoms with van der Waals surface area (Å²) in [6, 6.07) is 13.1. The van der Waals surface area contributed by atoms with E-state index in [2.05, 4.69) is 15.7 Å². The van der Waals surface area contributed by atoms with E-state index in [1.54, 1.807) is 18.2 Å². The molecule has 0 fully saturated rings. The second kappa shape index (κ2) is 8.85. The first-order chi connectivity index (χ1) is 14.2. The van der Waals surface area contributed by atoms with Gasteiger partial charge in [0.2, 0.25) is 5.84 Å². The number of hydrogen-bond acceptors (Lipinski definition) is 5. The highest BCUT2D eigenvalue weighted by Crippen LogP contribution is 2.19. The van der Waals surface area contributed by atoms with E-state index in [1.165, 1.54) is 23.2 Å². The van der Waals surface area contributed by atoms with Crippen LogP contribution < -0.4 is 20.5 Å². The Labute approximate surface area is 170 Å². The second-order valence-corrected chi connectivity index (χ2v) is 6.58. The number of nitrogens with one attached hydrogen (secondary N) is 2. The minimum absolute atomic E-state index is 0.0420. The summed E-state index contributed by atoms with van der Waals surface area (Å²) in [6.45, 7) is 0.372. The Bertz CT molecular complexity index is 959. The van der Waals surface area contributed by atoms with E-state index in [1.807, 2.05) is 19.1 Å². The standard InChI is InChI=1S/C20H19F3N4O3/c1-13-5-7-15(8-6-13)27-17(28)11-24-18(26-27)19(29)25-10-14-3-2-4-16(9-14)30-12-20(21,22)23/h2-9H,10-12H2,1H3,(H,24,26)(H,25,29). The van der Waals surface area contributed by atoms with Crippen LogP contribution in [0.1, 0.15) is 11.1 Å². The van der Waals surface area contributed by atoms with Crippen molar-refractivity contribution < 1.29 is 27.5 Å². The first kappa shape index (κ1) is 21.2. The number of hydrazine groups is 1. The number of benzene rings is 2. The molecule has 0 aliphatic carbocycles. The molecule has 2 aromatic carbocycles. The smallest absolute Gasteiger partial charge is 0.422 e. The summed E-state index contributed by atoms with van der Waals surface area (Å²) in [4.78, 5) is 28.5. The molecule has 0 unspecified atom stereocenters. The van der Waals surface area contributed by atoms with E-state index in [4.69, 9.17) is 4.74 Å². The van der Waals surface area contributed by atoms with Crippen molar-refractivity contribution in [1.82, 2.24) is 10.7 Å². The number of nitrogens with zero attached hydrogens (tertiary/aromatic N) is 2. The predicted molar refractivity (Wildman–Crippen MR) is 104 cm³/mol. The molecule has 10 heteroatoms. The molecule has 1 aliphatic rings. The van der Waals surface area contributed by atoms with Crippen LogP contribution in [0.2, 0.25) is 0 Å². The second-order valence-electron chi connectivity index (χ2n) is 6.58. The van der Waals surface area contributed by atoms with Gasteiger partial charge >= 0.3 is 6.18 Å². The monoisotopic (exact) mass is 420 g/mol. The summed E-state index contributed by atoms with van der Waals surface area (Å²) in [5, 5.41) is 3.86. The molecule has 158 valence electrons. The number of alkyl halides is 3. The van der Waals surface area contributed by atoms with Gasteiger partial charge in [-0.15, -0.1) is 0 Å². The maximum absolute atomic E-state index is 12.4. The fourth-order valence-corrected chi connectivity index (χ4v) is 2.62.